The van der Waals surface area contributed by atoms with Crippen molar-refractivity contribution in [1.82, 2.24) is 0 Å². The van der Waals surface area contributed by atoms with E-state index in [1.807, 2.05) is 0 Å². The first-order valence-corrected chi connectivity index (χ1v) is 17.6. The fraction of sp³-hybridized carbons (Fsp3) is 0.341. The van der Waals surface area contributed by atoms with Crippen molar-refractivity contribution in [3.63, 3.8) is 0 Å². The van der Waals surface area contributed by atoms with Crippen LogP contribution >= 0.6 is 0 Å². The summed E-state index contributed by atoms with van der Waals surface area (Å²) in [4.78, 5) is 0. The predicted molar refractivity (Wildman–Crippen MR) is 192 cm³/mol. The zero-order valence-corrected chi connectivity index (χ0v) is 33.8. The molecule has 0 aliphatic heterocycles. The molecule has 0 saturated carbocycles. The van der Waals surface area contributed by atoms with E-state index in [1.165, 1.54) is 83.1 Å². The molecule has 0 bridgehead atoms. The third-order valence-corrected chi connectivity index (χ3v) is 9.94. The predicted octanol–water partition coefficient (Wildman–Crippen LogP) is 5.43. The Morgan fingerprint density at radius 1 is 0.745 bits per heavy atom. The Labute approximate surface area is 313 Å². The van der Waals surface area contributed by atoms with Crippen molar-refractivity contribution in [3.8, 4) is 11.1 Å². The standard InChI is InChI=1S/C21H25.C13H10.C10H15.2ClH.Zr/c1-20(2,3)16-7-9-18-14(12-16)11-15-13-17(21(4,5)6)8-10-19(15)18;1-3-7-12(8-4-1)11-13-9-5-2-6-10-13;1-7(2)10-6-8(3)5-9(10)4;;;/h7-10,12H,11H2,1-6H3;1-10H;6-8H,1-4H3;2*1H;/q-1;;-1;;;+2/p-2. The van der Waals surface area contributed by atoms with Crippen molar-refractivity contribution in [2.75, 3.05) is 0 Å². The average Bonchev–Trinajstić information content (AvgIpc) is 3.55. The zero-order valence-electron chi connectivity index (χ0n) is 29.9. The van der Waals surface area contributed by atoms with E-state index in [0.29, 0.717) is 11.8 Å². The molecule has 2 aliphatic rings. The molecule has 0 fully saturated rings. The minimum absolute atomic E-state index is 0. The summed E-state index contributed by atoms with van der Waals surface area (Å²) in [5.74, 6) is 1.20. The third-order valence-electron chi connectivity index (χ3n) is 8.52. The van der Waals surface area contributed by atoms with Crippen molar-refractivity contribution in [1.29, 1.82) is 0 Å². The molecule has 246 valence electrons. The fourth-order valence-electron chi connectivity index (χ4n) is 5.89. The quantitative estimate of drug-likeness (QED) is 0.217. The van der Waals surface area contributed by atoms with Crippen molar-refractivity contribution in [2.24, 2.45) is 11.8 Å². The number of halogens is 2. The molecule has 0 saturated heterocycles. The summed E-state index contributed by atoms with van der Waals surface area (Å²) in [6.07, 6.45) is 6.70. The van der Waals surface area contributed by atoms with Crippen molar-refractivity contribution in [2.45, 2.75) is 86.5 Å². The zero-order chi connectivity index (χ0) is 32.9. The molecule has 3 heteroatoms. The van der Waals surface area contributed by atoms with Crippen LogP contribution in [0.1, 0.15) is 103 Å². The van der Waals surface area contributed by atoms with Gasteiger partial charge in [0.05, 0.1) is 0 Å². The monoisotopic (exact) mass is 738 g/mol. The topological polar surface area (TPSA) is 0 Å². The second-order valence-corrected chi connectivity index (χ2v) is 16.0. The van der Waals surface area contributed by atoms with E-state index in [-0.39, 0.29) is 35.6 Å². The number of benzene rings is 4. The average molecular weight is 741 g/mol. The van der Waals surface area contributed by atoms with Crippen LogP contribution in [-0.4, -0.2) is 3.21 Å². The third kappa shape index (κ3) is 10.8. The summed E-state index contributed by atoms with van der Waals surface area (Å²) in [5, 5.41) is 0. The van der Waals surface area contributed by atoms with Crippen LogP contribution in [-0.2, 0) is 41.5 Å². The van der Waals surface area contributed by atoms with E-state index in [2.05, 4.69) is 178 Å². The van der Waals surface area contributed by atoms with Gasteiger partial charge in [0.1, 0.15) is 0 Å². The van der Waals surface area contributed by atoms with E-state index >= 15 is 0 Å². The Balaban J connectivity index is 0.000000258. The molecule has 0 N–H and O–H groups in total. The second-order valence-electron chi connectivity index (χ2n) is 14.8. The van der Waals surface area contributed by atoms with E-state index in [0.717, 1.165) is 6.42 Å². The summed E-state index contributed by atoms with van der Waals surface area (Å²) in [7, 11) is 0. The molecule has 0 spiro atoms. The Hall–Kier alpha value is -2.31. The summed E-state index contributed by atoms with van der Waals surface area (Å²) in [6, 6.07) is 36.3. The molecule has 0 amide bonds. The number of hydrogen-bond donors (Lipinski definition) is 0. The van der Waals surface area contributed by atoms with Crippen molar-refractivity contribution >= 4 is 3.21 Å². The minimum atomic E-state index is 0. The number of allylic oxidation sites excluding steroid dienone is 4. The number of hydrogen-bond acceptors (Lipinski definition) is 0. The van der Waals surface area contributed by atoms with Crippen LogP contribution in [0.15, 0.2) is 108 Å². The van der Waals surface area contributed by atoms with Gasteiger partial charge in [-0.05, 0) is 28.4 Å². The Bertz CT molecular complexity index is 1580. The van der Waals surface area contributed by atoms with Gasteiger partial charge >= 0.3 is 99.2 Å². The molecule has 4 aromatic carbocycles. The molecule has 0 radical (unpaired) electrons. The van der Waals surface area contributed by atoms with Crippen LogP contribution < -0.4 is 24.8 Å². The maximum atomic E-state index is 3.67. The van der Waals surface area contributed by atoms with Gasteiger partial charge in [0.2, 0.25) is 0 Å². The van der Waals surface area contributed by atoms with E-state index in [4.69, 9.17) is 0 Å². The Morgan fingerprint density at radius 3 is 1.70 bits per heavy atom. The molecule has 1 atom stereocenters. The molecule has 0 aromatic heterocycles. The molecule has 1 unspecified atom stereocenters. The van der Waals surface area contributed by atoms with E-state index < -0.39 is 0 Å². The van der Waals surface area contributed by atoms with Gasteiger partial charge in [-0.3, -0.25) is 6.08 Å². The second kappa shape index (κ2) is 17.4. The summed E-state index contributed by atoms with van der Waals surface area (Å²) < 4.78 is 1.42. The van der Waals surface area contributed by atoms with Crippen molar-refractivity contribution in [3.05, 3.63) is 154 Å². The Morgan fingerprint density at radius 2 is 1.28 bits per heavy atom. The molecule has 0 heterocycles. The van der Waals surface area contributed by atoms with Crippen LogP contribution in [0.25, 0.3) is 11.1 Å². The van der Waals surface area contributed by atoms with Gasteiger partial charge < -0.3 is 24.8 Å². The van der Waals surface area contributed by atoms with Gasteiger partial charge in [-0.25, -0.2) is 5.57 Å². The molecule has 2 aliphatic carbocycles. The SMILES string of the molecule is CC(C)(C)c1[c-]c2c(cc1)-c1ccc(C(C)(C)C)cc1C2.CC1=[C-]C(C)C=C1C(C)C.[Cl-].[Cl-].[Zr+2]=[C](c1ccccc1)c1ccccc1. The normalized spacial score (nSPS) is 14.5. The summed E-state index contributed by atoms with van der Waals surface area (Å²) in [6.45, 7) is 22.4. The van der Waals surface area contributed by atoms with Crippen LogP contribution in [0.3, 0.4) is 0 Å². The van der Waals surface area contributed by atoms with Crippen LogP contribution in [0, 0.1) is 24.0 Å². The van der Waals surface area contributed by atoms with Gasteiger partial charge in [0.25, 0.3) is 0 Å². The molecule has 4 aromatic rings. The van der Waals surface area contributed by atoms with E-state index in [9.17, 15) is 0 Å². The van der Waals surface area contributed by atoms with Gasteiger partial charge in [0, 0.05) is 0 Å². The van der Waals surface area contributed by atoms with Crippen LogP contribution in [0.5, 0.6) is 0 Å². The Kier molecular flexibility index (Phi) is 15.1. The molecular formula is C44H50Cl2Zr-2. The van der Waals surface area contributed by atoms with Crippen LogP contribution in [0.2, 0.25) is 0 Å². The van der Waals surface area contributed by atoms with Gasteiger partial charge in [-0.2, -0.15) is 35.4 Å². The van der Waals surface area contributed by atoms with Gasteiger partial charge in [-0.1, -0.05) is 105 Å². The van der Waals surface area contributed by atoms with E-state index in [1.54, 1.807) is 0 Å². The molecular weight excluding hydrogens is 691 g/mol. The number of rotatable bonds is 3. The maximum absolute atomic E-state index is 3.67. The van der Waals surface area contributed by atoms with Crippen LogP contribution in [0.4, 0.5) is 0 Å². The first-order chi connectivity index (χ1) is 21.1. The van der Waals surface area contributed by atoms with Crippen molar-refractivity contribution < 1.29 is 49.0 Å². The van der Waals surface area contributed by atoms with Gasteiger partial charge in [0.15, 0.2) is 0 Å². The summed E-state index contributed by atoms with van der Waals surface area (Å²) >= 11 is 1.46. The molecule has 6 rings (SSSR count). The molecule has 0 nitrogen and oxygen atoms in total. The first-order valence-electron chi connectivity index (χ1n) is 16.4. The fourth-order valence-corrected chi connectivity index (χ4v) is 6.71. The molecule has 47 heavy (non-hydrogen) atoms. The number of fused-ring (bicyclic) bond motifs is 3. The summed E-state index contributed by atoms with van der Waals surface area (Å²) in [5.41, 5.74) is 14.2. The first kappa shape index (κ1) is 40.9. The van der Waals surface area contributed by atoms with Gasteiger partial charge in [-0.15, -0.1) is 11.1 Å².